The number of phenols is 1. The Balaban J connectivity index is 1.58. The Labute approximate surface area is 143 Å². The van der Waals surface area contributed by atoms with Gasteiger partial charge in [-0.2, -0.15) is 0 Å². The highest BCUT2D eigenvalue weighted by Crippen LogP contribution is 2.48. The summed E-state index contributed by atoms with van der Waals surface area (Å²) in [5.74, 6) is 0.370. The molecule has 2 aromatic carbocycles. The van der Waals surface area contributed by atoms with Gasteiger partial charge in [0.05, 0.1) is 0 Å². The van der Waals surface area contributed by atoms with Crippen LogP contribution in [0.5, 0.6) is 5.75 Å². The molecule has 1 aliphatic carbocycles. The first-order valence-electron chi connectivity index (χ1n) is 8.60. The van der Waals surface area contributed by atoms with E-state index in [9.17, 15) is 9.90 Å². The number of benzene rings is 2. The lowest BCUT2D eigenvalue weighted by molar-refractivity contribution is 0.112. The molecule has 0 saturated heterocycles. The summed E-state index contributed by atoms with van der Waals surface area (Å²) >= 11 is 0. The predicted molar refractivity (Wildman–Crippen MR) is 96.8 cm³/mol. The molecular weight excluding hydrogens is 298 g/mol. The zero-order chi connectivity index (χ0) is 17.2. The van der Waals surface area contributed by atoms with Crippen LogP contribution in [0, 0.1) is 6.92 Å². The fraction of sp³-hybridized carbons (Fsp3) is 0.381. The van der Waals surface area contributed by atoms with Crippen molar-refractivity contribution in [2.45, 2.75) is 44.6 Å². The lowest BCUT2D eigenvalue weighted by Crippen LogP contribution is -2.35. The van der Waals surface area contributed by atoms with Crippen molar-refractivity contribution < 1.29 is 9.90 Å². The Morgan fingerprint density at radius 3 is 2.50 bits per heavy atom. The molecule has 24 heavy (non-hydrogen) atoms. The summed E-state index contributed by atoms with van der Waals surface area (Å²) in [5.41, 5.74) is 4.47. The topological polar surface area (TPSA) is 49.3 Å². The minimum atomic E-state index is 0.230. The number of aromatic hydroxyl groups is 1. The molecule has 0 radical (unpaired) electrons. The van der Waals surface area contributed by atoms with Crippen LogP contribution in [0.25, 0.3) is 0 Å². The maximum Gasteiger partial charge on any atom is 0.150 e. The average Bonchev–Trinajstić information content (AvgIpc) is 3.37. The quantitative estimate of drug-likeness (QED) is 0.763. The molecule has 0 amide bonds. The largest absolute Gasteiger partial charge is 0.508 e. The molecule has 1 unspecified atom stereocenters. The van der Waals surface area contributed by atoms with E-state index >= 15 is 0 Å². The molecular formula is C21H25NO2. The second-order valence-electron chi connectivity index (χ2n) is 7.13. The molecule has 2 N–H and O–H groups in total. The molecule has 0 aromatic heterocycles. The molecule has 1 atom stereocenters. The first-order valence-corrected chi connectivity index (χ1v) is 8.60. The Kier molecular flexibility index (Phi) is 4.72. The van der Waals surface area contributed by atoms with Crippen LogP contribution in [-0.2, 0) is 11.8 Å². The highest BCUT2D eigenvalue weighted by Gasteiger charge is 2.44. The molecule has 1 aliphatic rings. The van der Waals surface area contributed by atoms with Gasteiger partial charge in [-0.3, -0.25) is 4.79 Å². The summed E-state index contributed by atoms with van der Waals surface area (Å²) in [6.07, 6.45) is 4.22. The molecule has 0 bridgehead atoms. The van der Waals surface area contributed by atoms with Crippen molar-refractivity contribution in [2.24, 2.45) is 0 Å². The van der Waals surface area contributed by atoms with Crippen molar-refractivity contribution in [3.63, 3.8) is 0 Å². The Morgan fingerprint density at radius 2 is 1.92 bits per heavy atom. The SMILES string of the molecule is Cc1cc(C2(CNC(C)Cc3ccc(C=O)cc3)CC2)ccc1O. The summed E-state index contributed by atoms with van der Waals surface area (Å²) < 4.78 is 0. The van der Waals surface area contributed by atoms with E-state index in [0.29, 0.717) is 11.8 Å². The van der Waals surface area contributed by atoms with Crippen LogP contribution in [0.3, 0.4) is 0 Å². The fourth-order valence-corrected chi connectivity index (χ4v) is 3.23. The fourth-order valence-electron chi connectivity index (χ4n) is 3.23. The first kappa shape index (κ1) is 16.7. The van der Waals surface area contributed by atoms with Crippen molar-refractivity contribution >= 4 is 6.29 Å². The third kappa shape index (κ3) is 3.68. The predicted octanol–water partition coefficient (Wildman–Crippen LogP) is 3.77. The van der Waals surface area contributed by atoms with Gasteiger partial charge in [0, 0.05) is 23.6 Å². The standard InChI is InChI=1S/C21H25NO2/c1-15-11-19(7-8-20(15)24)21(9-10-21)14-22-16(2)12-17-3-5-18(13-23)6-4-17/h3-8,11,13,16,22,24H,9-10,12,14H2,1-2H3. The maximum absolute atomic E-state index is 10.7. The summed E-state index contributed by atoms with van der Waals surface area (Å²) in [6, 6.07) is 14.2. The summed E-state index contributed by atoms with van der Waals surface area (Å²) in [7, 11) is 0. The number of nitrogens with one attached hydrogen (secondary N) is 1. The van der Waals surface area contributed by atoms with Crippen LogP contribution in [0.1, 0.15) is 46.8 Å². The van der Waals surface area contributed by atoms with Gasteiger partial charge in [0.2, 0.25) is 0 Å². The average molecular weight is 323 g/mol. The number of phenolic OH excluding ortho intramolecular Hbond substituents is 1. The van der Waals surface area contributed by atoms with Gasteiger partial charge in [0.15, 0.2) is 0 Å². The van der Waals surface area contributed by atoms with E-state index < -0.39 is 0 Å². The van der Waals surface area contributed by atoms with E-state index in [4.69, 9.17) is 0 Å². The van der Waals surface area contributed by atoms with Crippen LogP contribution >= 0.6 is 0 Å². The van der Waals surface area contributed by atoms with Crippen LogP contribution in [0.15, 0.2) is 42.5 Å². The number of hydrogen-bond donors (Lipinski definition) is 2. The summed E-state index contributed by atoms with van der Waals surface area (Å²) in [4.78, 5) is 10.7. The van der Waals surface area contributed by atoms with E-state index in [2.05, 4.69) is 24.4 Å². The molecule has 3 heteroatoms. The van der Waals surface area contributed by atoms with Gasteiger partial charge in [-0.25, -0.2) is 0 Å². The molecule has 3 rings (SSSR count). The molecule has 0 aliphatic heterocycles. The molecule has 3 nitrogen and oxygen atoms in total. The van der Waals surface area contributed by atoms with E-state index in [1.165, 1.54) is 24.0 Å². The second-order valence-corrected chi connectivity index (χ2v) is 7.13. The number of carbonyl (C=O) groups excluding carboxylic acids is 1. The minimum absolute atomic E-state index is 0.230. The van der Waals surface area contributed by atoms with Gasteiger partial charge in [-0.15, -0.1) is 0 Å². The van der Waals surface area contributed by atoms with Gasteiger partial charge in [0.25, 0.3) is 0 Å². The van der Waals surface area contributed by atoms with Crippen molar-refractivity contribution in [1.82, 2.24) is 5.32 Å². The van der Waals surface area contributed by atoms with Gasteiger partial charge >= 0.3 is 0 Å². The number of aryl methyl sites for hydroxylation is 1. The van der Waals surface area contributed by atoms with Gasteiger partial charge in [0.1, 0.15) is 12.0 Å². The third-order valence-corrected chi connectivity index (χ3v) is 5.11. The Bertz CT molecular complexity index is 717. The van der Waals surface area contributed by atoms with Gasteiger partial charge in [-0.05, 0) is 55.9 Å². The number of rotatable bonds is 7. The van der Waals surface area contributed by atoms with E-state index in [1.807, 2.05) is 37.3 Å². The first-order chi connectivity index (χ1) is 11.5. The highest BCUT2D eigenvalue weighted by molar-refractivity contribution is 5.74. The number of aldehydes is 1. The molecule has 126 valence electrons. The zero-order valence-electron chi connectivity index (χ0n) is 14.4. The van der Waals surface area contributed by atoms with E-state index in [0.717, 1.165) is 30.4 Å². The minimum Gasteiger partial charge on any atom is -0.508 e. The van der Waals surface area contributed by atoms with Crippen molar-refractivity contribution in [3.8, 4) is 5.75 Å². The monoisotopic (exact) mass is 323 g/mol. The van der Waals surface area contributed by atoms with Gasteiger partial charge in [-0.1, -0.05) is 36.4 Å². The van der Waals surface area contributed by atoms with Crippen LogP contribution < -0.4 is 5.32 Å². The molecule has 0 spiro atoms. The smallest absolute Gasteiger partial charge is 0.150 e. The van der Waals surface area contributed by atoms with Crippen LogP contribution in [0.4, 0.5) is 0 Å². The van der Waals surface area contributed by atoms with Crippen LogP contribution in [-0.4, -0.2) is 24.0 Å². The van der Waals surface area contributed by atoms with Crippen molar-refractivity contribution in [2.75, 3.05) is 6.54 Å². The van der Waals surface area contributed by atoms with Crippen molar-refractivity contribution in [1.29, 1.82) is 0 Å². The summed E-state index contributed by atoms with van der Waals surface area (Å²) in [5, 5.41) is 13.4. The number of hydrogen-bond acceptors (Lipinski definition) is 3. The summed E-state index contributed by atoms with van der Waals surface area (Å²) in [6.45, 7) is 5.12. The molecule has 0 heterocycles. The van der Waals surface area contributed by atoms with Crippen molar-refractivity contribution in [3.05, 3.63) is 64.7 Å². The van der Waals surface area contributed by atoms with E-state index in [1.54, 1.807) is 0 Å². The third-order valence-electron chi connectivity index (χ3n) is 5.11. The molecule has 2 aromatic rings. The molecule has 1 fully saturated rings. The zero-order valence-corrected chi connectivity index (χ0v) is 14.4. The Morgan fingerprint density at radius 1 is 1.21 bits per heavy atom. The van der Waals surface area contributed by atoms with Gasteiger partial charge < -0.3 is 10.4 Å². The maximum atomic E-state index is 10.7. The lowest BCUT2D eigenvalue weighted by atomic mass is 9.93. The Hall–Kier alpha value is -2.13. The normalized spacial score (nSPS) is 16.6. The number of carbonyl (C=O) groups is 1. The lowest BCUT2D eigenvalue weighted by Gasteiger charge is -2.21. The van der Waals surface area contributed by atoms with Crippen LogP contribution in [0.2, 0.25) is 0 Å². The second kappa shape index (κ2) is 6.78. The highest BCUT2D eigenvalue weighted by atomic mass is 16.3. The molecule has 1 saturated carbocycles. The van der Waals surface area contributed by atoms with E-state index in [-0.39, 0.29) is 5.41 Å².